The fourth-order valence-corrected chi connectivity index (χ4v) is 3.43. The average Bonchev–Trinajstić information content (AvgIpc) is 2.71. The summed E-state index contributed by atoms with van der Waals surface area (Å²) in [5.41, 5.74) is 4.95. The number of aromatic nitrogens is 1. The summed E-state index contributed by atoms with van der Waals surface area (Å²) in [4.78, 5) is 16.9. The van der Waals surface area contributed by atoms with Crippen molar-refractivity contribution in [2.45, 2.75) is 13.8 Å². The van der Waals surface area contributed by atoms with Crippen LogP contribution in [0.4, 0.5) is 11.4 Å². The predicted molar refractivity (Wildman–Crippen MR) is 116 cm³/mol. The second-order valence-electron chi connectivity index (χ2n) is 6.58. The first-order valence-electron chi connectivity index (χ1n) is 8.87. The summed E-state index contributed by atoms with van der Waals surface area (Å²) < 4.78 is 25.8. The number of anilines is 2. The van der Waals surface area contributed by atoms with Crippen molar-refractivity contribution in [1.82, 2.24) is 4.98 Å². The molecule has 1 heterocycles. The summed E-state index contributed by atoms with van der Waals surface area (Å²) in [6, 6.07) is 14.4. The maximum Gasteiger partial charge on any atom is 0.257 e. The summed E-state index contributed by atoms with van der Waals surface area (Å²) >= 11 is 0. The Bertz CT molecular complexity index is 1170. The van der Waals surface area contributed by atoms with Crippen LogP contribution in [0.2, 0.25) is 0 Å². The maximum atomic E-state index is 12.7. The Labute approximate surface area is 170 Å². The molecule has 0 radical (unpaired) electrons. The quantitative estimate of drug-likeness (QED) is 0.630. The van der Waals surface area contributed by atoms with Crippen LogP contribution in [0.1, 0.15) is 21.5 Å². The molecule has 0 saturated heterocycles. The van der Waals surface area contributed by atoms with Gasteiger partial charge in [0, 0.05) is 34.7 Å². The highest BCUT2D eigenvalue weighted by atomic mass is 32.2. The van der Waals surface area contributed by atoms with E-state index in [-0.39, 0.29) is 5.91 Å². The van der Waals surface area contributed by atoms with Gasteiger partial charge in [0.2, 0.25) is 0 Å². The van der Waals surface area contributed by atoms with Gasteiger partial charge < -0.3 is 5.32 Å². The Kier molecular flexibility index (Phi) is 5.79. The summed E-state index contributed by atoms with van der Waals surface area (Å²) in [7, 11) is -3.60. The Balaban J connectivity index is 1.88. The average molecular weight is 407 g/mol. The normalized spacial score (nSPS) is 11.0. The highest BCUT2D eigenvalue weighted by Gasteiger charge is 2.12. The molecule has 3 aromatic rings. The first kappa shape index (κ1) is 20.3. The topological polar surface area (TPSA) is 88.2 Å². The molecule has 1 amide bonds. The van der Waals surface area contributed by atoms with Crippen molar-refractivity contribution >= 4 is 27.3 Å². The number of carbonyl (C=O) groups is 1. The largest absolute Gasteiger partial charge is 0.321 e. The van der Waals surface area contributed by atoms with Gasteiger partial charge in [-0.05, 0) is 48.7 Å². The zero-order chi connectivity index (χ0) is 21.0. The number of rotatable bonds is 6. The number of carbonyl (C=O) groups excluding carboxylic acids is 1. The van der Waals surface area contributed by atoms with Gasteiger partial charge in [0.05, 0.1) is 5.56 Å². The van der Waals surface area contributed by atoms with Gasteiger partial charge in [-0.2, -0.15) is 0 Å². The monoisotopic (exact) mass is 407 g/mol. The molecule has 29 heavy (non-hydrogen) atoms. The number of aryl methyl sites for hydroxylation is 2. The van der Waals surface area contributed by atoms with E-state index in [1.807, 2.05) is 38.1 Å². The zero-order valence-electron chi connectivity index (χ0n) is 16.1. The second-order valence-corrected chi connectivity index (χ2v) is 8.21. The highest BCUT2D eigenvalue weighted by Crippen LogP contribution is 2.25. The maximum absolute atomic E-state index is 12.7. The molecular weight excluding hydrogens is 386 g/mol. The Hall–Kier alpha value is -3.45. The summed E-state index contributed by atoms with van der Waals surface area (Å²) in [6.45, 7) is 7.16. The first-order valence-corrected chi connectivity index (χ1v) is 10.4. The molecule has 7 heteroatoms. The van der Waals surface area contributed by atoms with Crippen LogP contribution in [0.15, 0.2) is 72.9 Å². The molecule has 0 aliphatic heterocycles. The van der Waals surface area contributed by atoms with Crippen molar-refractivity contribution in [3.05, 3.63) is 89.6 Å². The van der Waals surface area contributed by atoms with Crippen LogP contribution < -0.4 is 10.0 Å². The van der Waals surface area contributed by atoms with E-state index >= 15 is 0 Å². The third-order valence-corrected chi connectivity index (χ3v) is 5.35. The Morgan fingerprint density at radius 2 is 1.69 bits per heavy atom. The molecule has 148 valence electrons. The molecule has 0 aliphatic carbocycles. The number of nitrogens with zero attached hydrogens (tertiary/aromatic N) is 1. The predicted octanol–water partition coefficient (Wildman–Crippen LogP) is 4.50. The molecule has 2 aromatic carbocycles. The smallest absolute Gasteiger partial charge is 0.257 e. The fourth-order valence-electron chi connectivity index (χ4n) is 2.89. The van der Waals surface area contributed by atoms with Crippen LogP contribution >= 0.6 is 0 Å². The van der Waals surface area contributed by atoms with Gasteiger partial charge in [-0.3, -0.25) is 14.5 Å². The van der Waals surface area contributed by atoms with Gasteiger partial charge in [0.15, 0.2) is 0 Å². The van der Waals surface area contributed by atoms with Gasteiger partial charge >= 0.3 is 0 Å². The molecule has 0 aliphatic rings. The van der Waals surface area contributed by atoms with Gasteiger partial charge in [-0.1, -0.05) is 36.9 Å². The molecular formula is C22H21N3O3S. The van der Waals surface area contributed by atoms with Crippen molar-refractivity contribution < 1.29 is 13.2 Å². The number of benzene rings is 2. The van der Waals surface area contributed by atoms with E-state index in [0.29, 0.717) is 16.8 Å². The van der Waals surface area contributed by atoms with Crippen LogP contribution in [0.5, 0.6) is 0 Å². The van der Waals surface area contributed by atoms with E-state index in [9.17, 15) is 13.2 Å². The molecule has 0 fully saturated rings. The van der Waals surface area contributed by atoms with Crippen molar-refractivity contribution in [2.24, 2.45) is 0 Å². The molecule has 0 spiro atoms. The van der Waals surface area contributed by atoms with Crippen LogP contribution in [0.3, 0.4) is 0 Å². The Morgan fingerprint density at radius 3 is 2.38 bits per heavy atom. The minimum atomic E-state index is -3.60. The van der Waals surface area contributed by atoms with Crippen LogP contribution in [0.25, 0.3) is 11.1 Å². The van der Waals surface area contributed by atoms with E-state index in [1.54, 1.807) is 30.5 Å². The third kappa shape index (κ3) is 4.89. The standard InChI is InChI=1S/C22H21N3O3S/c1-4-29(27,28)25-20-10-6-9-17(12-20)18-11-19(14-23-13-18)22(26)24-21-15(2)7-5-8-16(21)3/h4-14,25H,1H2,2-3H3,(H,24,26). The van der Waals surface area contributed by atoms with Crippen molar-refractivity contribution in [2.75, 3.05) is 10.0 Å². The van der Waals surface area contributed by atoms with Crippen LogP contribution in [-0.4, -0.2) is 19.3 Å². The Morgan fingerprint density at radius 1 is 1.00 bits per heavy atom. The number of hydrogen-bond acceptors (Lipinski definition) is 4. The number of nitrogens with one attached hydrogen (secondary N) is 2. The highest BCUT2D eigenvalue weighted by molar-refractivity contribution is 7.95. The zero-order valence-corrected chi connectivity index (χ0v) is 17.0. The van der Waals surface area contributed by atoms with Gasteiger partial charge in [-0.25, -0.2) is 8.42 Å². The second kappa shape index (κ2) is 8.28. The SMILES string of the molecule is C=CS(=O)(=O)Nc1cccc(-c2cncc(C(=O)Nc3c(C)cccc3C)c2)c1. The number of amides is 1. The number of para-hydroxylation sites is 1. The minimum Gasteiger partial charge on any atom is -0.321 e. The van der Waals surface area contributed by atoms with E-state index in [2.05, 4.69) is 21.6 Å². The lowest BCUT2D eigenvalue weighted by Crippen LogP contribution is -2.14. The summed E-state index contributed by atoms with van der Waals surface area (Å²) in [5, 5.41) is 3.79. The van der Waals surface area contributed by atoms with E-state index in [1.165, 1.54) is 6.20 Å². The van der Waals surface area contributed by atoms with Gasteiger partial charge in [0.25, 0.3) is 15.9 Å². The van der Waals surface area contributed by atoms with Gasteiger partial charge in [-0.15, -0.1) is 0 Å². The van der Waals surface area contributed by atoms with Crippen molar-refractivity contribution in [1.29, 1.82) is 0 Å². The first-order chi connectivity index (χ1) is 13.8. The molecule has 6 nitrogen and oxygen atoms in total. The lowest BCUT2D eigenvalue weighted by atomic mass is 10.0. The molecule has 2 N–H and O–H groups in total. The van der Waals surface area contributed by atoms with E-state index in [4.69, 9.17) is 0 Å². The molecule has 0 saturated carbocycles. The van der Waals surface area contributed by atoms with Gasteiger partial charge in [0.1, 0.15) is 0 Å². The van der Waals surface area contributed by atoms with E-state index < -0.39 is 10.0 Å². The van der Waals surface area contributed by atoms with Crippen molar-refractivity contribution in [3.8, 4) is 11.1 Å². The van der Waals surface area contributed by atoms with Crippen LogP contribution in [-0.2, 0) is 10.0 Å². The molecule has 0 atom stereocenters. The lowest BCUT2D eigenvalue weighted by Gasteiger charge is -2.12. The van der Waals surface area contributed by atoms with Crippen molar-refractivity contribution in [3.63, 3.8) is 0 Å². The number of hydrogen-bond donors (Lipinski definition) is 2. The number of pyridine rings is 1. The molecule has 3 rings (SSSR count). The number of sulfonamides is 1. The lowest BCUT2D eigenvalue weighted by molar-refractivity contribution is 0.102. The fraction of sp³-hybridized carbons (Fsp3) is 0.0909. The van der Waals surface area contributed by atoms with Crippen LogP contribution in [0, 0.1) is 13.8 Å². The summed E-state index contributed by atoms with van der Waals surface area (Å²) in [5.74, 6) is -0.264. The molecule has 1 aromatic heterocycles. The molecule has 0 unspecified atom stereocenters. The minimum absolute atomic E-state index is 0.264. The third-order valence-electron chi connectivity index (χ3n) is 4.40. The summed E-state index contributed by atoms with van der Waals surface area (Å²) in [6.07, 6.45) is 3.12. The van der Waals surface area contributed by atoms with E-state index in [0.717, 1.165) is 27.8 Å². The molecule has 0 bridgehead atoms.